The molecule has 1 aromatic carbocycles. The molecule has 1 aromatic heterocycles. The first-order valence-electron chi connectivity index (χ1n) is 9.84. The van der Waals surface area contributed by atoms with Gasteiger partial charge in [0.05, 0.1) is 6.04 Å². The summed E-state index contributed by atoms with van der Waals surface area (Å²) in [5.74, 6) is 0.233. The molecule has 3 aliphatic heterocycles. The molecule has 5 rings (SSSR count). The Balaban J connectivity index is 1.72. The van der Waals surface area contributed by atoms with Crippen molar-refractivity contribution >= 4 is 22.7 Å². The second-order valence-corrected chi connectivity index (χ2v) is 8.41. The van der Waals surface area contributed by atoms with Crippen molar-refractivity contribution in [2.45, 2.75) is 58.2 Å². The first-order valence-corrected chi connectivity index (χ1v) is 9.84. The molecular weight excluding hydrogens is 338 g/mol. The zero-order valence-electron chi connectivity index (χ0n) is 16.1. The van der Waals surface area contributed by atoms with E-state index in [1.165, 1.54) is 16.5 Å². The highest BCUT2D eigenvalue weighted by Crippen LogP contribution is 2.42. The number of rotatable bonds is 1. The van der Waals surface area contributed by atoms with Crippen LogP contribution >= 0.6 is 0 Å². The third-order valence-electron chi connectivity index (χ3n) is 6.28. The van der Waals surface area contributed by atoms with Crippen LogP contribution in [0.3, 0.4) is 0 Å². The van der Waals surface area contributed by atoms with Crippen molar-refractivity contribution < 1.29 is 9.59 Å². The van der Waals surface area contributed by atoms with Gasteiger partial charge in [-0.2, -0.15) is 0 Å². The van der Waals surface area contributed by atoms with Crippen LogP contribution in [0.2, 0.25) is 0 Å². The Kier molecular flexibility index (Phi) is 3.51. The second kappa shape index (κ2) is 5.72. The lowest BCUT2D eigenvalue weighted by molar-refractivity contribution is -0.162. The van der Waals surface area contributed by atoms with Crippen molar-refractivity contribution in [2.24, 2.45) is 0 Å². The zero-order chi connectivity index (χ0) is 18.9. The van der Waals surface area contributed by atoms with Gasteiger partial charge in [0, 0.05) is 29.6 Å². The number of carbonyl (C=O) groups is 2. The fourth-order valence-electron chi connectivity index (χ4n) is 5.11. The molecule has 0 bridgehead atoms. The summed E-state index contributed by atoms with van der Waals surface area (Å²) in [6.45, 7) is 6.90. The molecule has 2 saturated heterocycles. The Bertz CT molecular complexity index is 998. The van der Waals surface area contributed by atoms with E-state index in [0.29, 0.717) is 13.0 Å². The summed E-state index contributed by atoms with van der Waals surface area (Å²) >= 11 is 0. The van der Waals surface area contributed by atoms with Crippen LogP contribution in [0.15, 0.2) is 29.8 Å². The number of nitrogens with one attached hydrogen (secondary N) is 1. The van der Waals surface area contributed by atoms with Crippen molar-refractivity contribution in [3.63, 3.8) is 0 Å². The van der Waals surface area contributed by atoms with Gasteiger partial charge in [0.2, 0.25) is 11.8 Å². The molecule has 0 aliphatic carbocycles. The molecule has 0 radical (unpaired) electrons. The minimum absolute atomic E-state index is 0.111. The van der Waals surface area contributed by atoms with Gasteiger partial charge in [0.15, 0.2) is 0 Å². The smallest absolute Gasteiger partial charge is 0.246 e. The highest BCUT2D eigenvalue weighted by molar-refractivity contribution is 5.99. The number of hydrogen-bond acceptors (Lipinski definition) is 2. The first-order chi connectivity index (χ1) is 13.0. The minimum atomic E-state index is -0.389. The van der Waals surface area contributed by atoms with Crippen LogP contribution in [-0.4, -0.2) is 45.2 Å². The fourth-order valence-corrected chi connectivity index (χ4v) is 5.11. The molecular formula is C22H25N3O2. The normalized spacial score (nSPS) is 26.9. The maximum absolute atomic E-state index is 13.3. The Morgan fingerprint density at radius 2 is 2.00 bits per heavy atom. The molecule has 3 atom stereocenters. The second-order valence-electron chi connectivity index (χ2n) is 8.41. The third kappa shape index (κ3) is 2.30. The number of H-pyrrole nitrogens is 1. The molecule has 1 N–H and O–H groups in total. The van der Waals surface area contributed by atoms with Crippen molar-refractivity contribution in [3.8, 4) is 0 Å². The van der Waals surface area contributed by atoms with Crippen molar-refractivity contribution in [1.82, 2.24) is 14.8 Å². The average Bonchev–Trinajstić information content (AvgIpc) is 3.23. The number of fused-ring (bicyclic) bond motifs is 5. The van der Waals surface area contributed by atoms with Crippen LogP contribution in [0.4, 0.5) is 0 Å². The number of nitrogens with zero attached hydrogens (tertiary/aromatic N) is 2. The average molecular weight is 363 g/mol. The summed E-state index contributed by atoms with van der Waals surface area (Å²) in [4.78, 5) is 33.9. The Labute approximate surface area is 159 Å². The number of aromatic amines is 1. The summed E-state index contributed by atoms with van der Waals surface area (Å²) in [6, 6.07) is 5.55. The molecule has 3 aliphatic rings. The highest BCUT2D eigenvalue weighted by atomic mass is 16.2. The van der Waals surface area contributed by atoms with Gasteiger partial charge in [-0.25, -0.2) is 0 Å². The largest absolute Gasteiger partial charge is 0.356 e. The van der Waals surface area contributed by atoms with Gasteiger partial charge in [-0.15, -0.1) is 0 Å². The number of hydrogen-bond donors (Lipinski definition) is 1. The van der Waals surface area contributed by atoms with E-state index in [2.05, 4.69) is 36.2 Å². The van der Waals surface area contributed by atoms with Crippen LogP contribution < -0.4 is 0 Å². The highest BCUT2D eigenvalue weighted by Gasteiger charge is 2.52. The van der Waals surface area contributed by atoms with E-state index in [-0.39, 0.29) is 29.9 Å². The van der Waals surface area contributed by atoms with E-state index in [9.17, 15) is 9.59 Å². The summed E-state index contributed by atoms with van der Waals surface area (Å²) in [6.07, 6.45) is 4.43. The van der Waals surface area contributed by atoms with Gasteiger partial charge < -0.3 is 14.8 Å². The van der Waals surface area contributed by atoms with Gasteiger partial charge in [0.25, 0.3) is 0 Å². The molecule has 27 heavy (non-hydrogen) atoms. The standard InChI is InChI=1S/C22H25N3O2/c1-12(2)9-18-20-15(14-7-6-13(3)10-16(14)23-20)11-19-21(26)24-8-4-5-17(24)22(27)25(18)19/h6-7,9-10,17-19,23H,4-5,8,11H2,1-3H3/t17-,18?,19-/m0/s1. The number of aromatic nitrogens is 1. The van der Waals surface area contributed by atoms with Crippen LogP contribution in [0.5, 0.6) is 0 Å². The lowest BCUT2D eigenvalue weighted by atomic mass is 9.87. The van der Waals surface area contributed by atoms with E-state index in [4.69, 9.17) is 0 Å². The number of allylic oxidation sites excluding steroid dienone is 1. The molecule has 0 saturated carbocycles. The predicted octanol–water partition coefficient (Wildman–Crippen LogP) is 3.24. The van der Waals surface area contributed by atoms with E-state index in [0.717, 1.165) is 29.6 Å². The quantitative estimate of drug-likeness (QED) is 0.791. The number of benzene rings is 1. The molecule has 2 aromatic rings. The number of carbonyl (C=O) groups excluding carboxylic acids is 2. The fraction of sp³-hybridized carbons (Fsp3) is 0.455. The summed E-state index contributed by atoms with van der Waals surface area (Å²) < 4.78 is 0. The van der Waals surface area contributed by atoms with Crippen molar-refractivity contribution in [3.05, 3.63) is 46.7 Å². The van der Waals surface area contributed by atoms with E-state index < -0.39 is 0 Å². The maximum atomic E-state index is 13.3. The first kappa shape index (κ1) is 16.6. The van der Waals surface area contributed by atoms with Crippen LogP contribution in [0, 0.1) is 6.92 Å². The van der Waals surface area contributed by atoms with E-state index in [1.807, 2.05) is 23.6 Å². The number of aryl methyl sites for hydroxylation is 1. The molecule has 140 valence electrons. The lowest BCUT2D eigenvalue weighted by Gasteiger charge is -2.47. The van der Waals surface area contributed by atoms with Gasteiger partial charge in [-0.05, 0) is 50.8 Å². The SMILES string of the molecule is CC(C)=CC1c2[nH]c3cc(C)ccc3c2C[C@H]2C(=O)N3CCC[C@H]3C(=O)N12. The van der Waals surface area contributed by atoms with Crippen LogP contribution in [-0.2, 0) is 16.0 Å². The summed E-state index contributed by atoms with van der Waals surface area (Å²) in [7, 11) is 0. The maximum Gasteiger partial charge on any atom is 0.246 e. The van der Waals surface area contributed by atoms with Crippen molar-refractivity contribution in [2.75, 3.05) is 6.54 Å². The Morgan fingerprint density at radius 1 is 1.19 bits per heavy atom. The molecule has 1 unspecified atom stereocenters. The third-order valence-corrected chi connectivity index (χ3v) is 6.28. The number of piperazine rings is 1. The van der Waals surface area contributed by atoms with Crippen LogP contribution in [0.25, 0.3) is 10.9 Å². The topological polar surface area (TPSA) is 56.4 Å². The lowest BCUT2D eigenvalue weighted by Crippen LogP contribution is -2.65. The predicted molar refractivity (Wildman–Crippen MR) is 104 cm³/mol. The Morgan fingerprint density at radius 3 is 2.78 bits per heavy atom. The van der Waals surface area contributed by atoms with E-state index in [1.54, 1.807) is 0 Å². The molecule has 5 heteroatoms. The molecule has 0 spiro atoms. The molecule has 5 nitrogen and oxygen atoms in total. The van der Waals surface area contributed by atoms with Crippen molar-refractivity contribution in [1.29, 1.82) is 0 Å². The molecule has 2 fully saturated rings. The molecule has 2 amide bonds. The van der Waals surface area contributed by atoms with Crippen LogP contribution in [0.1, 0.15) is 49.6 Å². The van der Waals surface area contributed by atoms with Gasteiger partial charge in [-0.3, -0.25) is 9.59 Å². The van der Waals surface area contributed by atoms with Gasteiger partial charge in [-0.1, -0.05) is 23.8 Å². The summed E-state index contributed by atoms with van der Waals surface area (Å²) in [5.41, 5.74) is 5.70. The number of amides is 2. The Hall–Kier alpha value is -2.56. The van der Waals surface area contributed by atoms with Gasteiger partial charge in [0.1, 0.15) is 12.1 Å². The monoisotopic (exact) mass is 363 g/mol. The minimum Gasteiger partial charge on any atom is -0.356 e. The van der Waals surface area contributed by atoms with Gasteiger partial charge >= 0.3 is 0 Å². The summed E-state index contributed by atoms with van der Waals surface area (Å²) in [5, 5.41) is 1.17. The molecule has 4 heterocycles. The van der Waals surface area contributed by atoms with E-state index >= 15 is 0 Å². The zero-order valence-corrected chi connectivity index (χ0v) is 16.1.